The van der Waals surface area contributed by atoms with Crippen LogP contribution < -0.4 is 10.6 Å². The zero-order valence-corrected chi connectivity index (χ0v) is 13.4. The molecule has 2 aromatic rings. The van der Waals surface area contributed by atoms with Gasteiger partial charge in [0.15, 0.2) is 0 Å². The topological polar surface area (TPSA) is 53.5 Å². The molecule has 0 atom stereocenters. The molecule has 118 valence electrons. The van der Waals surface area contributed by atoms with Crippen LogP contribution in [-0.2, 0) is 6.54 Å². The first-order valence-corrected chi connectivity index (χ1v) is 8.03. The Hall–Kier alpha value is -2.33. The number of amides is 1. The van der Waals surface area contributed by atoms with E-state index in [1.165, 1.54) is 11.1 Å². The number of nitrogens with zero attached hydrogens (tertiary/aromatic N) is 1. The molecule has 1 aliphatic rings. The summed E-state index contributed by atoms with van der Waals surface area (Å²) >= 11 is 6.00. The van der Waals surface area contributed by atoms with Gasteiger partial charge in [-0.1, -0.05) is 48.0 Å². The molecule has 1 amide bonds. The smallest absolute Gasteiger partial charge is 0.252 e. The second-order valence-corrected chi connectivity index (χ2v) is 5.75. The molecule has 0 spiro atoms. The fourth-order valence-electron chi connectivity index (χ4n) is 2.53. The Morgan fingerprint density at radius 3 is 2.74 bits per heavy atom. The van der Waals surface area contributed by atoms with Crippen molar-refractivity contribution in [2.75, 3.05) is 13.1 Å². The highest BCUT2D eigenvalue weighted by molar-refractivity contribution is 6.33. The fraction of sp³-hybridized carbons (Fsp3) is 0.222. The average molecular weight is 328 g/mol. The molecule has 23 heavy (non-hydrogen) atoms. The number of carbonyl (C=O) groups is 1. The number of aliphatic imine (C=N–C) groups is 1. The van der Waals surface area contributed by atoms with E-state index in [0.29, 0.717) is 17.1 Å². The van der Waals surface area contributed by atoms with Gasteiger partial charge < -0.3 is 10.6 Å². The number of hydrogen-bond donors (Lipinski definition) is 2. The van der Waals surface area contributed by atoms with Gasteiger partial charge in [0, 0.05) is 18.7 Å². The van der Waals surface area contributed by atoms with E-state index in [4.69, 9.17) is 11.6 Å². The lowest BCUT2D eigenvalue weighted by Crippen LogP contribution is -2.30. The van der Waals surface area contributed by atoms with Crippen molar-refractivity contribution in [2.24, 2.45) is 4.99 Å². The monoisotopic (exact) mass is 327 g/mol. The van der Waals surface area contributed by atoms with Crippen molar-refractivity contribution in [1.29, 1.82) is 0 Å². The summed E-state index contributed by atoms with van der Waals surface area (Å²) in [7, 11) is 0. The van der Waals surface area contributed by atoms with E-state index in [1.54, 1.807) is 18.2 Å². The van der Waals surface area contributed by atoms with E-state index < -0.39 is 0 Å². The minimum atomic E-state index is -0.140. The van der Waals surface area contributed by atoms with Crippen LogP contribution in [0.2, 0.25) is 5.02 Å². The molecule has 3 rings (SSSR count). The quantitative estimate of drug-likeness (QED) is 0.829. The van der Waals surface area contributed by atoms with Crippen molar-refractivity contribution >= 4 is 23.3 Å². The Bertz CT molecular complexity index is 743. The Balaban J connectivity index is 1.41. The molecule has 0 saturated carbocycles. The van der Waals surface area contributed by atoms with Gasteiger partial charge >= 0.3 is 0 Å². The summed E-state index contributed by atoms with van der Waals surface area (Å²) in [6.45, 7) is 2.09. The van der Waals surface area contributed by atoms with Crippen molar-refractivity contribution in [1.82, 2.24) is 10.6 Å². The third-order valence-electron chi connectivity index (χ3n) is 3.73. The van der Waals surface area contributed by atoms with Gasteiger partial charge in [-0.05, 0) is 24.1 Å². The SMILES string of the molecule is O=C(NCCCNC1=NCc2ccccc21)c1ccccc1Cl. The van der Waals surface area contributed by atoms with E-state index in [1.807, 2.05) is 18.2 Å². The first-order valence-electron chi connectivity index (χ1n) is 7.65. The molecule has 0 aromatic heterocycles. The number of halogens is 1. The van der Waals surface area contributed by atoms with Crippen LogP contribution in [0.15, 0.2) is 53.5 Å². The van der Waals surface area contributed by atoms with Gasteiger partial charge in [0.1, 0.15) is 5.84 Å². The van der Waals surface area contributed by atoms with Crippen LogP contribution in [0.25, 0.3) is 0 Å². The fourth-order valence-corrected chi connectivity index (χ4v) is 2.75. The number of hydrogen-bond acceptors (Lipinski definition) is 3. The number of fused-ring (bicyclic) bond motifs is 1. The Labute approximate surface area is 140 Å². The zero-order valence-electron chi connectivity index (χ0n) is 12.7. The van der Waals surface area contributed by atoms with E-state index >= 15 is 0 Å². The van der Waals surface area contributed by atoms with E-state index in [-0.39, 0.29) is 5.91 Å². The van der Waals surface area contributed by atoms with Crippen LogP contribution in [0.1, 0.15) is 27.9 Å². The summed E-state index contributed by atoms with van der Waals surface area (Å²) in [6, 6.07) is 15.3. The third-order valence-corrected chi connectivity index (χ3v) is 4.06. The molecule has 2 aromatic carbocycles. The minimum Gasteiger partial charge on any atom is -0.370 e. The molecule has 0 bridgehead atoms. The highest BCUT2D eigenvalue weighted by Crippen LogP contribution is 2.17. The first kappa shape index (κ1) is 15.6. The number of amidine groups is 1. The summed E-state index contributed by atoms with van der Waals surface area (Å²) < 4.78 is 0. The van der Waals surface area contributed by atoms with Crippen molar-refractivity contribution in [2.45, 2.75) is 13.0 Å². The van der Waals surface area contributed by atoms with Crippen LogP contribution in [0, 0.1) is 0 Å². The maximum atomic E-state index is 12.0. The lowest BCUT2D eigenvalue weighted by molar-refractivity contribution is 0.0953. The largest absolute Gasteiger partial charge is 0.370 e. The number of benzene rings is 2. The van der Waals surface area contributed by atoms with Gasteiger partial charge in [-0.2, -0.15) is 0 Å². The van der Waals surface area contributed by atoms with Crippen molar-refractivity contribution in [3.8, 4) is 0 Å². The Kier molecular flexibility index (Phi) is 4.93. The second-order valence-electron chi connectivity index (χ2n) is 5.34. The van der Waals surface area contributed by atoms with Crippen LogP contribution in [0.4, 0.5) is 0 Å². The van der Waals surface area contributed by atoms with Crippen LogP contribution in [0.3, 0.4) is 0 Å². The maximum absolute atomic E-state index is 12.0. The summed E-state index contributed by atoms with van der Waals surface area (Å²) in [6.07, 6.45) is 0.817. The normalized spacial score (nSPS) is 12.5. The standard InChI is InChI=1S/C18H18ClN3O/c19-16-9-4-3-8-15(16)18(23)21-11-5-10-20-17-14-7-2-1-6-13(14)12-22-17/h1-4,6-9H,5,10-12H2,(H,20,22)(H,21,23). The van der Waals surface area contributed by atoms with E-state index in [2.05, 4.69) is 27.8 Å². The molecule has 1 aliphatic heterocycles. The molecule has 2 N–H and O–H groups in total. The summed E-state index contributed by atoms with van der Waals surface area (Å²) in [4.78, 5) is 16.5. The first-order chi connectivity index (χ1) is 11.3. The van der Waals surface area contributed by atoms with Crippen molar-refractivity contribution in [3.63, 3.8) is 0 Å². The summed E-state index contributed by atoms with van der Waals surface area (Å²) in [5.41, 5.74) is 2.94. The summed E-state index contributed by atoms with van der Waals surface area (Å²) in [5, 5.41) is 6.69. The minimum absolute atomic E-state index is 0.140. The van der Waals surface area contributed by atoms with E-state index in [0.717, 1.165) is 25.3 Å². The Morgan fingerprint density at radius 2 is 1.87 bits per heavy atom. The molecule has 0 unspecified atom stereocenters. The van der Waals surface area contributed by atoms with Gasteiger partial charge in [-0.3, -0.25) is 9.79 Å². The highest BCUT2D eigenvalue weighted by Gasteiger charge is 2.14. The molecule has 0 fully saturated rings. The zero-order chi connectivity index (χ0) is 16.1. The van der Waals surface area contributed by atoms with Gasteiger partial charge in [0.2, 0.25) is 0 Å². The maximum Gasteiger partial charge on any atom is 0.252 e. The second kappa shape index (κ2) is 7.29. The molecule has 0 radical (unpaired) electrons. The molecule has 0 aliphatic carbocycles. The molecular weight excluding hydrogens is 310 g/mol. The van der Waals surface area contributed by atoms with E-state index in [9.17, 15) is 4.79 Å². The van der Waals surface area contributed by atoms with Crippen LogP contribution in [-0.4, -0.2) is 24.8 Å². The molecule has 4 nitrogen and oxygen atoms in total. The lowest BCUT2D eigenvalue weighted by atomic mass is 10.1. The molecule has 1 heterocycles. The highest BCUT2D eigenvalue weighted by atomic mass is 35.5. The molecule has 0 saturated heterocycles. The van der Waals surface area contributed by atoms with Gasteiger partial charge in [-0.25, -0.2) is 0 Å². The predicted molar refractivity (Wildman–Crippen MR) is 93.1 cm³/mol. The lowest BCUT2D eigenvalue weighted by Gasteiger charge is -2.09. The number of nitrogens with one attached hydrogen (secondary N) is 2. The number of rotatable bonds is 5. The Morgan fingerprint density at radius 1 is 1.09 bits per heavy atom. The van der Waals surface area contributed by atoms with Crippen molar-refractivity contribution < 1.29 is 4.79 Å². The molecule has 5 heteroatoms. The van der Waals surface area contributed by atoms with Crippen LogP contribution in [0.5, 0.6) is 0 Å². The van der Waals surface area contributed by atoms with Crippen molar-refractivity contribution in [3.05, 3.63) is 70.2 Å². The number of carbonyl (C=O) groups excluding carboxylic acids is 1. The summed E-state index contributed by atoms with van der Waals surface area (Å²) in [5.74, 6) is 0.803. The predicted octanol–water partition coefficient (Wildman–Crippen LogP) is 3.01. The average Bonchev–Trinajstić information content (AvgIpc) is 2.98. The van der Waals surface area contributed by atoms with Crippen LogP contribution >= 0.6 is 11.6 Å². The van der Waals surface area contributed by atoms with Gasteiger partial charge in [-0.15, -0.1) is 0 Å². The molecular formula is C18H18ClN3O. The van der Waals surface area contributed by atoms with Gasteiger partial charge in [0.05, 0.1) is 17.1 Å². The van der Waals surface area contributed by atoms with Gasteiger partial charge in [0.25, 0.3) is 5.91 Å². The third kappa shape index (κ3) is 3.71.